The summed E-state index contributed by atoms with van der Waals surface area (Å²) in [6.07, 6.45) is 4.13. The maximum atomic E-state index is 5.90. The molecule has 3 heteroatoms. The molecule has 0 aromatic carbocycles. The molecule has 1 saturated heterocycles. The Kier molecular flexibility index (Phi) is 6.39. The topological polar surface area (TPSA) is 18.5 Å². The molecule has 1 aliphatic carbocycles. The monoisotopic (exact) mass is 348 g/mol. The van der Waals surface area contributed by atoms with Crippen LogP contribution in [0.25, 0.3) is 0 Å². The average Bonchev–Trinajstić information content (AvgIpc) is 2.77. The van der Waals surface area contributed by atoms with Crippen molar-refractivity contribution in [2.75, 3.05) is 6.61 Å². The predicted molar refractivity (Wildman–Crippen MR) is 105 cm³/mol. The molecular formula is C21H36O2Si. The molecule has 2 aliphatic rings. The van der Waals surface area contributed by atoms with Crippen LogP contribution in [0, 0.1) is 29.6 Å². The van der Waals surface area contributed by atoms with Crippen LogP contribution < -0.4 is 0 Å². The van der Waals surface area contributed by atoms with E-state index in [1.807, 2.05) is 0 Å². The van der Waals surface area contributed by atoms with Crippen molar-refractivity contribution in [1.82, 2.24) is 0 Å². The lowest BCUT2D eigenvalue weighted by atomic mass is 9.84. The molecule has 2 rings (SSSR count). The minimum Gasteiger partial charge on any atom is -0.342 e. The Bertz CT molecular complexity index is 506. The zero-order valence-corrected chi connectivity index (χ0v) is 17.6. The maximum Gasteiger partial charge on any atom is 0.222 e. The minimum atomic E-state index is -1.09. The van der Waals surface area contributed by atoms with Gasteiger partial charge in [-0.3, -0.25) is 0 Å². The van der Waals surface area contributed by atoms with Crippen molar-refractivity contribution in [2.24, 2.45) is 17.8 Å². The van der Waals surface area contributed by atoms with Crippen molar-refractivity contribution in [3.8, 4) is 11.8 Å². The predicted octanol–water partition coefficient (Wildman–Crippen LogP) is 5.48. The largest absolute Gasteiger partial charge is 0.342 e. The Morgan fingerprint density at radius 3 is 2.58 bits per heavy atom. The first kappa shape index (κ1) is 19.8. The summed E-state index contributed by atoms with van der Waals surface area (Å²) in [5.41, 5.74) is 1.36. The molecule has 0 N–H and O–H groups in total. The summed E-state index contributed by atoms with van der Waals surface area (Å²) in [6.45, 7) is 19.1. The van der Waals surface area contributed by atoms with Gasteiger partial charge >= 0.3 is 0 Å². The first-order valence-corrected chi connectivity index (χ1v) is 13.2. The molecule has 0 aromatic rings. The second-order valence-corrected chi connectivity index (χ2v) is 15.1. The van der Waals surface area contributed by atoms with Crippen molar-refractivity contribution in [2.45, 2.75) is 84.0 Å². The van der Waals surface area contributed by atoms with Gasteiger partial charge in [0.15, 0.2) is 0 Å². The highest BCUT2D eigenvalue weighted by molar-refractivity contribution is 6.76. The first-order chi connectivity index (χ1) is 11.1. The lowest BCUT2D eigenvalue weighted by molar-refractivity contribution is -0.217. The van der Waals surface area contributed by atoms with Crippen LogP contribution in [0.3, 0.4) is 0 Å². The Labute approximate surface area is 150 Å². The fourth-order valence-electron chi connectivity index (χ4n) is 4.06. The van der Waals surface area contributed by atoms with Crippen molar-refractivity contribution in [3.63, 3.8) is 0 Å². The molecule has 0 amide bonds. The van der Waals surface area contributed by atoms with Crippen LogP contribution in [-0.4, -0.2) is 26.6 Å². The van der Waals surface area contributed by atoms with E-state index in [4.69, 9.17) is 9.47 Å². The number of ether oxygens (including phenoxy) is 2. The summed E-state index contributed by atoms with van der Waals surface area (Å²) in [4.78, 5) is 0. The molecule has 1 heterocycles. The van der Waals surface area contributed by atoms with Gasteiger partial charge in [-0.25, -0.2) is 0 Å². The number of hydrogen-bond donors (Lipinski definition) is 0. The smallest absolute Gasteiger partial charge is 0.222 e. The average molecular weight is 349 g/mol. The highest BCUT2D eigenvalue weighted by atomic mass is 28.3. The fraction of sp³-hybridized carbons (Fsp3) is 0.810. The van der Waals surface area contributed by atoms with E-state index in [0.29, 0.717) is 11.8 Å². The molecule has 2 nitrogen and oxygen atoms in total. The van der Waals surface area contributed by atoms with Gasteiger partial charge in [0.1, 0.15) is 0 Å². The molecule has 4 atom stereocenters. The quantitative estimate of drug-likeness (QED) is 0.380. The van der Waals surface area contributed by atoms with Crippen LogP contribution in [-0.2, 0) is 9.47 Å². The van der Waals surface area contributed by atoms with E-state index in [2.05, 4.69) is 58.8 Å². The number of hydrogen-bond acceptors (Lipinski definition) is 2. The molecule has 0 radical (unpaired) electrons. The summed E-state index contributed by atoms with van der Waals surface area (Å²) in [6, 6.07) is 1.25. The van der Waals surface area contributed by atoms with Gasteiger partial charge in [-0.2, -0.15) is 0 Å². The van der Waals surface area contributed by atoms with E-state index in [0.717, 1.165) is 25.4 Å². The molecule has 1 saturated carbocycles. The van der Waals surface area contributed by atoms with Gasteiger partial charge in [-0.1, -0.05) is 44.6 Å². The summed E-state index contributed by atoms with van der Waals surface area (Å²) in [5, 5.41) is 0. The zero-order chi connectivity index (χ0) is 18.0. The standard InChI is InChI=1S/C21H36O2Si/c1-16-11-12-19(17(2)15-24(5,6)7)18(16)9-8-10-20-22-14-13-21(3,4)23-20/h16,18-20H,2,9,11-15H2,1,3-7H3/t16-,18+,19+,20?/m1/s1. The SMILES string of the molecule is C=C(C[Si](C)(C)C)[C@@H]1CC[C@@H](C)[C@@H]1CC#CC1OCCC(C)(C)O1. The van der Waals surface area contributed by atoms with Crippen molar-refractivity contribution in [1.29, 1.82) is 0 Å². The fourth-order valence-corrected chi connectivity index (χ4v) is 5.68. The van der Waals surface area contributed by atoms with Gasteiger partial charge in [0, 0.05) is 14.5 Å². The van der Waals surface area contributed by atoms with Crippen molar-refractivity contribution < 1.29 is 9.47 Å². The third kappa shape index (κ3) is 5.76. The molecule has 1 unspecified atom stereocenters. The lowest BCUT2D eigenvalue weighted by Crippen LogP contribution is -2.38. The Balaban J connectivity index is 1.95. The summed E-state index contributed by atoms with van der Waals surface area (Å²) < 4.78 is 11.5. The molecule has 0 bridgehead atoms. The van der Waals surface area contributed by atoms with Gasteiger partial charge in [0.25, 0.3) is 0 Å². The third-order valence-electron chi connectivity index (χ3n) is 5.42. The van der Waals surface area contributed by atoms with Crippen molar-refractivity contribution in [3.05, 3.63) is 12.2 Å². The molecule has 1 aliphatic heterocycles. The molecule has 0 aromatic heterocycles. The maximum absolute atomic E-state index is 5.90. The molecule has 24 heavy (non-hydrogen) atoms. The normalized spacial score (nSPS) is 32.9. The highest BCUT2D eigenvalue weighted by Crippen LogP contribution is 2.44. The number of allylic oxidation sites excluding steroid dienone is 1. The summed E-state index contributed by atoms with van der Waals surface area (Å²) in [5.74, 6) is 8.65. The number of rotatable bonds is 4. The van der Waals surface area contributed by atoms with Crippen LogP contribution in [0.1, 0.15) is 46.5 Å². The van der Waals surface area contributed by atoms with Gasteiger partial charge in [-0.05, 0) is 62.8 Å². The van der Waals surface area contributed by atoms with Gasteiger partial charge in [0.2, 0.25) is 6.29 Å². The van der Waals surface area contributed by atoms with E-state index in [1.165, 1.54) is 24.5 Å². The summed E-state index contributed by atoms with van der Waals surface area (Å²) in [7, 11) is -1.09. The minimum absolute atomic E-state index is 0.119. The van der Waals surface area contributed by atoms with E-state index in [-0.39, 0.29) is 11.9 Å². The zero-order valence-electron chi connectivity index (χ0n) is 16.6. The second-order valence-electron chi connectivity index (χ2n) is 9.58. The van der Waals surface area contributed by atoms with Gasteiger partial charge in [-0.15, -0.1) is 0 Å². The van der Waals surface area contributed by atoms with E-state index in [1.54, 1.807) is 0 Å². The van der Waals surface area contributed by atoms with Crippen LogP contribution in [0.5, 0.6) is 0 Å². The van der Waals surface area contributed by atoms with Gasteiger partial charge in [0.05, 0.1) is 12.2 Å². The Morgan fingerprint density at radius 2 is 1.96 bits per heavy atom. The van der Waals surface area contributed by atoms with E-state index in [9.17, 15) is 0 Å². The Morgan fingerprint density at radius 1 is 1.25 bits per heavy atom. The van der Waals surface area contributed by atoms with Crippen LogP contribution in [0.2, 0.25) is 25.7 Å². The van der Waals surface area contributed by atoms with E-state index < -0.39 is 8.07 Å². The molecule has 0 spiro atoms. The molecule has 2 fully saturated rings. The van der Waals surface area contributed by atoms with Gasteiger partial charge < -0.3 is 9.47 Å². The molecule has 136 valence electrons. The van der Waals surface area contributed by atoms with Crippen LogP contribution >= 0.6 is 0 Å². The second kappa shape index (κ2) is 7.77. The van der Waals surface area contributed by atoms with Crippen LogP contribution in [0.4, 0.5) is 0 Å². The Hall–Kier alpha value is -0.563. The highest BCUT2D eigenvalue weighted by Gasteiger charge is 2.35. The summed E-state index contributed by atoms with van der Waals surface area (Å²) >= 11 is 0. The van der Waals surface area contributed by atoms with Crippen molar-refractivity contribution >= 4 is 8.07 Å². The first-order valence-electron chi connectivity index (χ1n) is 9.53. The van der Waals surface area contributed by atoms with Crippen LogP contribution in [0.15, 0.2) is 12.2 Å². The lowest BCUT2D eigenvalue weighted by Gasteiger charge is -2.33. The molecular weight excluding hydrogens is 312 g/mol. The van der Waals surface area contributed by atoms with E-state index >= 15 is 0 Å². The third-order valence-corrected chi connectivity index (χ3v) is 6.93.